The Balaban J connectivity index is 1.96. The SMILES string of the molecule is Cc1cc(CCNc2cccc(F)c2N)ccc1F. The summed E-state index contributed by atoms with van der Waals surface area (Å²) in [5.41, 5.74) is 7.98. The molecular formula is C15H16F2N2. The lowest BCUT2D eigenvalue weighted by Crippen LogP contribution is -2.08. The maximum Gasteiger partial charge on any atom is 0.148 e. The fourth-order valence-corrected chi connectivity index (χ4v) is 1.89. The first kappa shape index (κ1) is 13.3. The number of para-hydroxylation sites is 1. The Hall–Kier alpha value is -2.10. The predicted molar refractivity (Wildman–Crippen MR) is 74.1 cm³/mol. The second kappa shape index (κ2) is 5.69. The average molecular weight is 262 g/mol. The van der Waals surface area contributed by atoms with E-state index in [0.29, 0.717) is 17.8 Å². The van der Waals surface area contributed by atoms with E-state index >= 15 is 0 Å². The molecule has 2 nitrogen and oxygen atoms in total. The Bertz CT molecular complexity index is 582. The molecule has 0 atom stereocenters. The van der Waals surface area contributed by atoms with Gasteiger partial charge in [0.15, 0.2) is 0 Å². The zero-order valence-corrected chi connectivity index (χ0v) is 10.7. The second-order valence-electron chi connectivity index (χ2n) is 4.46. The van der Waals surface area contributed by atoms with E-state index in [0.717, 1.165) is 12.0 Å². The summed E-state index contributed by atoms with van der Waals surface area (Å²) in [6, 6.07) is 9.68. The van der Waals surface area contributed by atoms with Crippen molar-refractivity contribution in [3.05, 3.63) is 59.2 Å². The molecule has 0 unspecified atom stereocenters. The number of nitrogens with two attached hydrogens (primary N) is 1. The molecule has 2 aromatic carbocycles. The number of nitrogen functional groups attached to an aromatic ring is 1. The van der Waals surface area contributed by atoms with E-state index < -0.39 is 5.82 Å². The van der Waals surface area contributed by atoms with Crippen LogP contribution in [0.2, 0.25) is 0 Å². The zero-order valence-electron chi connectivity index (χ0n) is 10.7. The summed E-state index contributed by atoms with van der Waals surface area (Å²) >= 11 is 0. The Morgan fingerprint density at radius 1 is 1.11 bits per heavy atom. The van der Waals surface area contributed by atoms with Crippen molar-refractivity contribution in [2.24, 2.45) is 0 Å². The fraction of sp³-hybridized carbons (Fsp3) is 0.200. The van der Waals surface area contributed by atoms with Gasteiger partial charge in [0.2, 0.25) is 0 Å². The molecule has 0 saturated carbocycles. The van der Waals surface area contributed by atoms with E-state index in [1.165, 1.54) is 12.1 Å². The van der Waals surface area contributed by atoms with Crippen molar-refractivity contribution in [2.75, 3.05) is 17.6 Å². The quantitative estimate of drug-likeness (QED) is 0.827. The van der Waals surface area contributed by atoms with Gasteiger partial charge in [0.1, 0.15) is 11.6 Å². The molecule has 19 heavy (non-hydrogen) atoms. The lowest BCUT2D eigenvalue weighted by atomic mass is 10.1. The Labute approximate surface area is 111 Å². The van der Waals surface area contributed by atoms with Crippen LogP contribution in [0.25, 0.3) is 0 Å². The van der Waals surface area contributed by atoms with Gasteiger partial charge < -0.3 is 11.1 Å². The molecule has 0 radical (unpaired) electrons. The van der Waals surface area contributed by atoms with Crippen molar-refractivity contribution in [1.29, 1.82) is 0 Å². The molecule has 100 valence electrons. The molecule has 2 rings (SSSR count). The number of aryl methyl sites for hydroxylation is 1. The average Bonchev–Trinajstić information content (AvgIpc) is 2.39. The second-order valence-corrected chi connectivity index (χ2v) is 4.46. The van der Waals surface area contributed by atoms with Crippen LogP contribution < -0.4 is 11.1 Å². The van der Waals surface area contributed by atoms with Crippen LogP contribution in [0.15, 0.2) is 36.4 Å². The van der Waals surface area contributed by atoms with Crippen molar-refractivity contribution in [2.45, 2.75) is 13.3 Å². The van der Waals surface area contributed by atoms with Gasteiger partial charge in [-0.3, -0.25) is 0 Å². The van der Waals surface area contributed by atoms with Gasteiger partial charge in [-0.1, -0.05) is 18.2 Å². The fourth-order valence-electron chi connectivity index (χ4n) is 1.89. The molecule has 0 amide bonds. The normalized spacial score (nSPS) is 10.5. The van der Waals surface area contributed by atoms with Gasteiger partial charge in [-0.15, -0.1) is 0 Å². The summed E-state index contributed by atoms with van der Waals surface area (Å²) in [5.74, 6) is -0.631. The first-order valence-corrected chi connectivity index (χ1v) is 6.11. The molecule has 0 fully saturated rings. The molecule has 0 aliphatic carbocycles. The van der Waals surface area contributed by atoms with Crippen LogP contribution in [-0.2, 0) is 6.42 Å². The summed E-state index contributed by atoms with van der Waals surface area (Å²) in [4.78, 5) is 0. The molecule has 0 heterocycles. The van der Waals surface area contributed by atoms with Crippen LogP contribution in [0.4, 0.5) is 20.2 Å². The maximum atomic E-state index is 13.2. The third-order valence-electron chi connectivity index (χ3n) is 3.00. The van der Waals surface area contributed by atoms with Crippen LogP contribution in [0.3, 0.4) is 0 Å². The molecule has 0 aromatic heterocycles. The van der Waals surface area contributed by atoms with E-state index in [2.05, 4.69) is 5.32 Å². The molecule has 0 aliphatic rings. The predicted octanol–water partition coefficient (Wildman–Crippen LogP) is 3.51. The van der Waals surface area contributed by atoms with Gasteiger partial charge in [0, 0.05) is 6.54 Å². The van der Waals surface area contributed by atoms with Gasteiger partial charge in [-0.05, 0) is 42.7 Å². The van der Waals surface area contributed by atoms with E-state index in [9.17, 15) is 8.78 Å². The van der Waals surface area contributed by atoms with Crippen LogP contribution in [0.1, 0.15) is 11.1 Å². The molecule has 0 saturated heterocycles. The monoisotopic (exact) mass is 262 g/mol. The zero-order chi connectivity index (χ0) is 13.8. The number of hydrogen-bond donors (Lipinski definition) is 2. The summed E-state index contributed by atoms with van der Waals surface area (Å²) < 4.78 is 26.3. The Morgan fingerprint density at radius 3 is 2.63 bits per heavy atom. The minimum atomic E-state index is -0.428. The van der Waals surface area contributed by atoms with E-state index in [1.807, 2.05) is 6.07 Å². The van der Waals surface area contributed by atoms with E-state index in [4.69, 9.17) is 5.73 Å². The summed E-state index contributed by atoms with van der Waals surface area (Å²) in [6.45, 7) is 2.34. The highest BCUT2D eigenvalue weighted by molar-refractivity contribution is 5.66. The largest absolute Gasteiger partial charge is 0.395 e. The molecule has 4 heteroatoms. The highest BCUT2D eigenvalue weighted by Crippen LogP contribution is 2.21. The summed E-state index contributed by atoms with van der Waals surface area (Å²) in [6.07, 6.45) is 0.719. The minimum absolute atomic E-state index is 0.123. The van der Waals surface area contributed by atoms with E-state index in [1.54, 1.807) is 25.1 Å². The highest BCUT2D eigenvalue weighted by atomic mass is 19.1. The van der Waals surface area contributed by atoms with Gasteiger partial charge in [0.25, 0.3) is 0 Å². The van der Waals surface area contributed by atoms with Crippen molar-refractivity contribution in [3.63, 3.8) is 0 Å². The van der Waals surface area contributed by atoms with Crippen LogP contribution in [-0.4, -0.2) is 6.54 Å². The summed E-state index contributed by atoms with van der Waals surface area (Å²) in [5, 5.41) is 3.08. The van der Waals surface area contributed by atoms with Gasteiger partial charge >= 0.3 is 0 Å². The number of nitrogens with one attached hydrogen (secondary N) is 1. The Morgan fingerprint density at radius 2 is 1.89 bits per heavy atom. The van der Waals surface area contributed by atoms with Gasteiger partial charge in [-0.25, -0.2) is 8.78 Å². The third kappa shape index (κ3) is 3.22. The molecule has 3 N–H and O–H groups in total. The number of benzene rings is 2. The topological polar surface area (TPSA) is 38.0 Å². The van der Waals surface area contributed by atoms with Crippen LogP contribution in [0, 0.1) is 18.6 Å². The third-order valence-corrected chi connectivity index (χ3v) is 3.00. The summed E-state index contributed by atoms with van der Waals surface area (Å²) in [7, 11) is 0. The molecule has 0 aliphatic heterocycles. The van der Waals surface area contributed by atoms with Gasteiger partial charge in [0.05, 0.1) is 11.4 Å². The van der Waals surface area contributed by atoms with E-state index in [-0.39, 0.29) is 11.5 Å². The number of anilines is 2. The molecular weight excluding hydrogens is 246 g/mol. The standard InChI is InChI=1S/C15H16F2N2/c1-10-9-11(5-6-12(10)16)7-8-19-14-4-2-3-13(17)15(14)18/h2-6,9,19H,7-8,18H2,1H3. The molecule has 0 spiro atoms. The first-order valence-electron chi connectivity index (χ1n) is 6.11. The van der Waals surface area contributed by atoms with Crippen LogP contribution in [0.5, 0.6) is 0 Å². The Kier molecular flexibility index (Phi) is 4.00. The lowest BCUT2D eigenvalue weighted by molar-refractivity contribution is 0.617. The molecule has 0 bridgehead atoms. The maximum absolute atomic E-state index is 13.2. The van der Waals surface area contributed by atoms with Crippen molar-refractivity contribution < 1.29 is 8.78 Å². The minimum Gasteiger partial charge on any atom is -0.395 e. The molecule has 2 aromatic rings. The highest BCUT2D eigenvalue weighted by Gasteiger charge is 2.04. The smallest absolute Gasteiger partial charge is 0.148 e. The number of rotatable bonds is 4. The van der Waals surface area contributed by atoms with Crippen LogP contribution >= 0.6 is 0 Å². The number of hydrogen-bond acceptors (Lipinski definition) is 2. The lowest BCUT2D eigenvalue weighted by Gasteiger charge is -2.10. The van der Waals surface area contributed by atoms with Crippen molar-refractivity contribution in [3.8, 4) is 0 Å². The van der Waals surface area contributed by atoms with Crippen molar-refractivity contribution in [1.82, 2.24) is 0 Å². The number of halogens is 2. The van der Waals surface area contributed by atoms with Gasteiger partial charge in [-0.2, -0.15) is 0 Å². The van der Waals surface area contributed by atoms with Crippen molar-refractivity contribution >= 4 is 11.4 Å². The first-order chi connectivity index (χ1) is 9.08.